The molecule has 0 bridgehead atoms. The lowest BCUT2D eigenvalue weighted by molar-refractivity contribution is 0.101. The van der Waals surface area contributed by atoms with Crippen molar-refractivity contribution in [2.24, 2.45) is 0 Å². The molecule has 15 heavy (non-hydrogen) atoms. The van der Waals surface area contributed by atoms with E-state index in [-0.39, 0.29) is 11.9 Å². The van der Waals surface area contributed by atoms with Gasteiger partial charge in [-0.15, -0.1) is 0 Å². The van der Waals surface area contributed by atoms with Gasteiger partial charge in [-0.1, -0.05) is 24.3 Å². The third kappa shape index (κ3) is 2.94. The van der Waals surface area contributed by atoms with Gasteiger partial charge in [0.15, 0.2) is 5.78 Å². The van der Waals surface area contributed by atoms with Gasteiger partial charge in [0, 0.05) is 0 Å². The van der Waals surface area contributed by atoms with E-state index in [9.17, 15) is 4.79 Å². The number of carbonyl (C=O) groups excluding carboxylic acids is 1. The summed E-state index contributed by atoms with van der Waals surface area (Å²) < 4.78 is 5.57. The third-order valence-corrected chi connectivity index (χ3v) is 2.16. The standard InChI is InChI=1S/C13H16O2/c1-5-10(3)15-13-7-6-9(2)8-12(13)11(4)14/h5-8,10H,1H2,2-4H3. The van der Waals surface area contributed by atoms with Crippen LogP contribution in [0.1, 0.15) is 29.8 Å². The fraction of sp³-hybridized carbons (Fsp3) is 0.308. The number of hydrogen-bond donors (Lipinski definition) is 0. The summed E-state index contributed by atoms with van der Waals surface area (Å²) in [4.78, 5) is 11.4. The molecule has 0 aromatic heterocycles. The van der Waals surface area contributed by atoms with Gasteiger partial charge < -0.3 is 4.74 Å². The molecule has 0 fully saturated rings. The molecule has 0 aliphatic rings. The number of benzene rings is 1. The van der Waals surface area contributed by atoms with Crippen LogP contribution in [0.3, 0.4) is 0 Å². The van der Waals surface area contributed by atoms with Gasteiger partial charge in [-0.3, -0.25) is 4.79 Å². The minimum atomic E-state index is -0.0918. The Morgan fingerprint density at radius 1 is 1.53 bits per heavy atom. The molecule has 0 radical (unpaired) electrons. The monoisotopic (exact) mass is 204 g/mol. The van der Waals surface area contributed by atoms with E-state index in [0.717, 1.165) is 5.56 Å². The van der Waals surface area contributed by atoms with Crippen LogP contribution in [0.15, 0.2) is 30.9 Å². The highest BCUT2D eigenvalue weighted by Crippen LogP contribution is 2.21. The van der Waals surface area contributed by atoms with E-state index in [1.807, 2.05) is 32.0 Å². The number of hydrogen-bond acceptors (Lipinski definition) is 2. The Bertz CT molecular complexity index is 380. The van der Waals surface area contributed by atoms with E-state index in [0.29, 0.717) is 11.3 Å². The molecule has 1 unspecified atom stereocenters. The van der Waals surface area contributed by atoms with Crippen LogP contribution in [-0.2, 0) is 0 Å². The SMILES string of the molecule is C=CC(C)Oc1ccc(C)cc1C(C)=O. The zero-order valence-corrected chi connectivity index (χ0v) is 9.41. The van der Waals surface area contributed by atoms with Gasteiger partial charge >= 0.3 is 0 Å². The van der Waals surface area contributed by atoms with E-state index in [4.69, 9.17) is 4.74 Å². The highest BCUT2D eigenvalue weighted by atomic mass is 16.5. The van der Waals surface area contributed by atoms with Crippen LogP contribution in [-0.4, -0.2) is 11.9 Å². The second-order valence-electron chi connectivity index (χ2n) is 3.61. The Morgan fingerprint density at radius 3 is 2.73 bits per heavy atom. The first-order chi connectivity index (χ1) is 7.04. The molecular weight excluding hydrogens is 188 g/mol. The second-order valence-corrected chi connectivity index (χ2v) is 3.61. The Hall–Kier alpha value is -1.57. The Kier molecular flexibility index (Phi) is 3.67. The molecule has 0 aliphatic carbocycles. The van der Waals surface area contributed by atoms with Crippen molar-refractivity contribution in [1.82, 2.24) is 0 Å². The summed E-state index contributed by atoms with van der Waals surface area (Å²) in [5.74, 6) is 0.644. The molecule has 0 N–H and O–H groups in total. The Balaban J connectivity index is 3.05. The molecule has 1 aromatic rings. The van der Waals surface area contributed by atoms with Gasteiger partial charge in [-0.2, -0.15) is 0 Å². The molecule has 0 amide bonds. The molecule has 0 aliphatic heterocycles. The maximum atomic E-state index is 11.4. The number of ketones is 1. The molecule has 2 heteroatoms. The first-order valence-electron chi connectivity index (χ1n) is 4.95. The summed E-state index contributed by atoms with van der Waals surface area (Å²) in [6.45, 7) is 9.02. The summed E-state index contributed by atoms with van der Waals surface area (Å²) in [6.07, 6.45) is 1.61. The first kappa shape index (κ1) is 11.5. The fourth-order valence-corrected chi connectivity index (χ4v) is 1.27. The molecule has 0 heterocycles. The van der Waals surface area contributed by atoms with Gasteiger partial charge in [0.2, 0.25) is 0 Å². The molecule has 0 spiro atoms. The molecule has 1 atom stereocenters. The normalized spacial score (nSPS) is 11.9. The third-order valence-electron chi connectivity index (χ3n) is 2.16. The molecule has 1 rings (SSSR count). The van der Waals surface area contributed by atoms with Crippen LogP contribution in [0.2, 0.25) is 0 Å². The number of aryl methyl sites for hydroxylation is 1. The highest BCUT2D eigenvalue weighted by Gasteiger charge is 2.10. The van der Waals surface area contributed by atoms with Gasteiger partial charge in [0.25, 0.3) is 0 Å². The van der Waals surface area contributed by atoms with Crippen molar-refractivity contribution in [2.75, 3.05) is 0 Å². The van der Waals surface area contributed by atoms with Gasteiger partial charge in [-0.25, -0.2) is 0 Å². The Labute approximate surface area is 90.6 Å². The lowest BCUT2D eigenvalue weighted by atomic mass is 10.1. The first-order valence-corrected chi connectivity index (χ1v) is 4.95. The number of rotatable bonds is 4. The van der Waals surface area contributed by atoms with Crippen LogP contribution in [0.5, 0.6) is 5.75 Å². The van der Waals surface area contributed by atoms with Crippen LogP contribution >= 0.6 is 0 Å². The highest BCUT2D eigenvalue weighted by molar-refractivity contribution is 5.97. The molecular formula is C13H16O2. The molecule has 0 saturated carbocycles. The van der Waals surface area contributed by atoms with Crippen LogP contribution in [0.4, 0.5) is 0 Å². The van der Waals surface area contributed by atoms with Crippen LogP contribution in [0.25, 0.3) is 0 Å². The zero-order valence-electron chi connectivity index (χ0n) is 9.41. The average molecular weight is 204 g/mol. The lowest BCUT2D eigenvalue weighted by Gasteiger charge is -2.13. The van der Waals surface area contributed by atoms with Gasteiger partial charge in [0.05, 0.1) is 5.56 Å². The van der Waals surface area contributed by atoms with Crippen molar-refractivity contribution in [3.8, 4) is 5.75 Å². The smallest absolute Gasteiger partial charge is 0.163 e. The van der Waals surface area contributed by atoms with E-state index in [2.05, 4.69) is 6.58 Å². The summed E-state index contributed by atoms with van der Waals surface area (Å²) in [6, 6.07) is 5.59. The van der Waals surface area contributed by atoms with E-state index in [1.54, 1.807) is 13.0 Å². The minimum absolute atomic E-state index is 0.0185. The topological polar surface area (TPSA) is 26.3 Å². The average Bonchev–Trinajstić information content (AvgIpc) is 2.20. The summed E-state index contributed by atoms with van der Waals surface area (Å²) >= 11 is 0. The van der Waals surface area contributed by atoms with Crippen molar-refractivity contribution in [3.05, 3.63) is 42.0 Å². The molecule has 80 valence electrons. The van der Waals surface area contributed by atoms with Crippen molar-refractivity contribution < 1.29 is 9.53 Å². The zero-order chi connectivity index (χ0) is 11.4. The van der Waals surface area contributed by atoms with Crippen molar-refractivity contribution >= 4 is 5.78 Å². The lowest BCUT2D eigenvalue weighted by Crippen LogP contribution is -2.10. The number of Topliss-reactive ketones (excluding diaryl/α,β-unsaturated/α-hetero) is 1. The van der Waals surface area contributed by atoms with E-state index < -0.39 is 0 Å². The van der Waals surface area contributed by atoms with Gasteiger partial charge in [0.1, 0.15) is 11.9 Å². The second kappa shape index (κ2) is 4.78. The maximum absolute atomic E-state index is 11.4. The fourth-order valence-electron chi connectivity index (χ4n) is 1.27. The summed E-state index contributed by atoms with van der Waals surface area (Å²) in [7, 11) is 0. The maximum Gasteiger partial charge on any atom is 0.163 e. The van der Waals surface area contributed by atoms with Crippen molar-refractivity contribution in [3.63, 3.8) is 0 Å². The number of carbonyl (C=O) groups is 1. The predicted molar refractivity (Wildman–Crippen MR) is 61.5 cm³/mol. The minimum Gasteiger partial charge on any atom is -0.486 e. The van der Waals surface area contributed by atoms with E-state index in [1.165, 1.54) is 0 Å². The number of ether oxygens (including phenoxy) is 1. The van der Waals surface area contributed by atoms with Crippen molar-refractivity contribution in [2.45, 2.75) is 26.9 Å². The predicted octanol–water partition coefficient (Wildman–Crippen LogP) is 3.15. The summed E-state index contributed by atoms with van der Waals surface area (Å²) in [5, 5.41) is 0. The van der Waals surface area contributed by atoms with Gasteiger partial charge in [-0.05, 0) is 32.9 Å². The van der Waals surface area contributed by atoms with Crippen LogP contribution < -0.4 is 4.74 Å². The summed E-state index contributed by atoms with van der Waals surface area (Å²) in [5.41, 5.74) is 1.68. The van der Waals surface area contributed by atoms with Crippen molar-refractivity contribution in [1.29, 1.82) is 0 Å². The molecule has 2 nitrogen and oxygen atoms in total. The van der Waals surface area contributed by atoms with Crippen LogP contribution in [0, 0.1) is 6.92 Å². The largest absolute Gasteiger partial charge is 0.486 e. The quantitative estimate of drug-likeness (QED) is 0.556. The molecule has 0 saturated heterocycles. The Morgan fingerprint density at radius 2 is 2.20 bits per heavy atom. The van der Waals surface area contributed by atoms with E-state index >= 15 is 0 Å². The molecule has 1 aromatic carbocycles.